The van der Waals surface area contributed by atoms with Crippen molar-refractivity contribution < 1.29 is 14.8 Å². The molecule has 0 radical (unpaired) electrons. The number of ether oxygens (including phenoxy) is 1. The maximum absolute atomic E-state index is 11.8. The number of benzene rings is 2. The van der Waals surface area contributed by atoms with Gasteiger partial charge in [0, 0.05) is 17.1 Å². The van der Waals surface area contributed by atoms with Crippen molar-refractivity contribution in [1.82, 2.24) is 5.32 Å². The first-order chi connectivity index (χ1) is 12.8. The van der Waals surface area contributed by atoms with Crippen molar-refractivity contribution >= 4 is 5.69 Å². The van der Waals surface area contributed by atoms with Crippen molar-refractivity contribution in [2.24, 2.45) is 0 Å². The van der Waals surface area contributed by atoms with Gasteiger partial charge in [-0.3, -0.25) is 10.1 Å². The van der Waals surface area contributed by atoms with E-state index in [0.717, 1.165) is 5.56 Å². The van der Waals surface area contributed by atoms with Crippen molar-refractivity contribution in [3.05, 3.63) is 69.3 Å². The van der Waals surface area contributed by atoms with Gasteiger partial charge in [-0.05, 0) is 50.8 Å². The molecule has 2 aromatic carbocycles. The zero-order chi connectivity index (χ0) is 19.6. The van der Waals surface area contributed by atoms with E-state index in [0.29, 0.717) is 24.0 Å². The molecule has 6 nitrogen and oxygen atoms in total. The van der Waals surface area contributed by atoms with Crippen molar-refractivity contribution in [3.8, 4) is 5.75 Å². The minimum Gasteiger partial charge on any atom is -0.482 e. The van der Waals surface area contributed by atoms with E-state index in [2.05, 4.69) is 5.32 Å². The quantitative estimate of drug-likeness (QED) is 0.616. The summed E-state index contributed by atoms with van der Waals surface area (Å²) < 4.78 is 5.75. The molecule has 144 valence electrons. The fourth-order valence-corrected chi connectivity index (χ4v) is 3.60. The van der Waals surface area contributed by atoms with Crippen LogP contribution in [-0.2, 0) is 13.0 Å². The normalized spacial score (nSPS) is 19.4. The van der Waals surface area contributed by atoms with Gasteiger partial charge in [0.1, 0.15) is 6.61 Å². The summed E-state index contributed by atoms with van der Waals surface area (Å²) in [5.41, 5.74) is 1.95. The van der Waals surface area contributed by atoms with Crippen molar-refractivity contribution in [1.29, 1.82) is 0 Å². The number of hydrogen-bond acceptors (Lipinski definition) is 5. The lowest BCUT2D eigenvalue weighted by molar-refractivity contribution is -0.386. The third kappa shape index (κ3) is 4.46. The van der Waals surface area contributed by atoms with E-state index < -0.39 is 11.0 Å². The van der Waals surface area contributed by atoms with E-state index in [1.54, 1.807) is 12.1 Å². The number of hydrogen-bond donors (Lipinski definition) is 2. The highest BCUT2D eigenvalue weighted by Gasteiger charge is 2.36. The highest BCUT2D eigenvalue weighted by Crippen LogP contribution is 2.41. The predicted octanol–water partition coefficient (Wildman–Crippen LogP) is 3.91. The first-order valence-electron chi connectivity index (χ1n) is 9.19. The van der Waals surface area contributed by atoms with Crippen molar-refractivity contribution in [3.63, 3.8) is 0 Å². The second-order valence-electron chi connectivity index (χ2n) is 8.00. The van der Waals surface area contributed by atoms with Crippen LogP contribution in [0.15, 0.2) is 42.5 Å². The molecule has 0 saturated heterocycles. The fraction of sp³-hybridized carbons (Fsp3) is 0.429. The zero-order valence-corrected chi connectivity index (χ0v) is 15.9. The predicted molar refractivity (Wildman–Crippen MR) is 104 cm³/mol. The van der Waals surface area contributed by atoms with E-state index in [1.807, 2.05) is 51.1 Å². The number of fused-ring (bicyclic) bond motifs is 1. The van der Waals surface area contributed by atoms with E-state index in [9.17, 15) is 15.2 Å². The van der Waals surface area contributed by atoms with E-state index in [4.69, 9.17) is 4.74 Å². The molecular formula is C21H26N2O4. The van der Waals surface area contributed by atoms with Crippen LogP contribution in [0.1, 0.15) is 50.0 Å². The summed E-state index contributed by atoms with van der Waals surface area (Å²) in [4.78, 5) is 11.4. The van der Waals surface area contributed by atoms with Gasteiger partial charge < -0.3 is 15.2 Å². The summed E-state index contributed by atoms with van der Waals surface area (Å²) in [7, 11) is 0. The molecular weight excluding hydrogens is 344 g/mol. The van der Waals surface area contributed by atoms with Crippen LogP contribution >= 0.6 is 0 Å². The Bertz CT molecular complexity index is 815. The molecule has 6 heteroatoms. The van der Waals surface area contributed by atoms with Gasteiger partial charge in [-0.1, -0.05) is 36.4 Å². The molecule has 1 aliphatic carbocycles. The van der Waals surface area contributed by atoms with Crippen LogP contribution in [0.25, 0.3) is 0 Å². The van der Waals surface area contributed by atoms with Crippen LogP contribution in [0.2, 0.25) is 0 Å². The van der Waals surface area contributed by atoms with Crippen molar-refractivity contribution in [2.45, 2.75) is 57.9 Å². The van der Waals surface area contributed by atoms with Gasteiger partial charge in [0.15, 0.2) is 5.75 Å². The van der Waals surface area contributed by atoms with Crippen LogP contribution in [0.5, 0.6) is 5.75 Å². The van der Waals surface area contributed by atoms with Gasteiger partial charge in [-0.25, -0.2) is 0 Å². The Labute approximate surface area is 159 Å². The second-order valence-corrected chi connectivity index (χ2v) is 8.00. The van der Waals surface area contributed by atoms with E-state index in [-0.39, 0.29) is 29.6 Å². The van der Waals surface area contributed by atoms with Gasteiger partial charge in [-0.15, -0.1) is 0 Å². The summed E-state index contributed by atoms with van der Waals surface area (Å²) in [6.07, 6.45) is 0.378. The number of aliphatic hydroxyl groups is 1. The molecule has 2 atom stereocenters. The molecule has 0 heterocycles. The van der Waals surface area contributed by atoms with Crippen molar-refractivity contribution in [2.75, 3.05) is 0 Å². The number of nitro benzene ring substituents is 1. The molecule has 0 unspecified atom stereocenters. The monoisotopic (exact) mass is 370 g/mol. The average molecular weight is 370 g/mol. The number of nitrogens with one attached hydrogen (secondary N) is 1. The molecule has 0 aromatic heterocycles. The maximum atomic E-state index is 11.8. The van der Waals surface area contributed by atoms with Crippen LogP contribution < -0.4 is 10.1 Å². The van der Waals surface area contributed by atoms with E-state index in [1.165, 1.54) is 0 Å². The SMILES string of the molecule is CC(C)(C)N[C@H]1CCc2c(ccc(OCc3ccccc3)c2[N+](=O)[O-])[C@@H]1O. The Morgan fingerprint density at radius 1 is 1.22 bits per heavy atom. The minimum atomic E-state index is -0.783. The first kappa shape index (κ1) is 19.3. The number of nitro groups is 1. The molecule has 0 fully saturated rings. The zero-order valence-electron chi connectivity index (χ0n) is 15.9. The summed E-state index contributed by atoms with van der Waals surface area (Å²) >= 11 is 0. The fourth-order valence-electron chi connectivity index (χ4n) is 3.60. The minimum absolute atomic E-state index is 0.0308. The summed E-state index contributed by atoms with van der Waals surface area (Å²) in [5, 5.41) is 25.9. The molecule has 0 aliphatic heterocycles. The van der Waals surface area contributed by atoms with Crippen LogP contribution in [0.3, 0.4) is 0 Å². The first-order valence-corrected chi connectivity index (χ1v) is 9.19. The van der Waals surface area contributed by atoms with Gasteiger partial charge >= 0.3 is 5.69 Å². The summed E-state index contributed by atoms with van der Waals surface area (Å²) in [6.45, 7) is 6.38. The Morgan fingerprint density at radius 3 is 2.56 bits per heavy atom. The lowest BCUT2D eigenvalue weighted by Gasteiger charge is -2.35. The van der Waals surface area contributed by atoms with Gasteiger partial charge in [0.05, 0.1) is 11.0 Å². The Morgan fingerprint density at radius 2 is 1.93 bits per heavy atom. The van der Waals surface area contributed by atoms with Gasteiger partial charge in [-0.2, -0.15) is 0 Å². The summed E-state index contributed by atoms with van der Waals surface area (Å²) in [5.74, 6) is 0.247. The van der Waals surface area contributed by atoms with Crippen LogP contribution in [-0.4, -0.2) is 21.6 Å². The standard InChI is InChI=1S/C21H26N2O4/c1-21(2,3)22-17-11-9-15-16(20(17)24)10-12-18(19(15)23(25)26)27-13-14-7-5-4-6-8-14/h4-8,10,12,17,20,22,24H,9,11,13H2,1-3H3/t17-,20-/m0/s1. The molecule has 3 rings (SSSR count). The molecule has 2 aromatic rings. The topological polar surface area (TPSA) is 84.6 Å². The third-order valence-electron chi connectivity index (χ3n) is 4.73. The second kappa shape index (κ2) is 7.66. The lowest BCUT2D eigenvalue weighted by Crippen LogP contribution is -2.48. The van der Waals surface area contributed by atoms with Gasteiger partial charge in [0.25, 0.3) is 0 Å². The van der Waals surface area contributed by atoms with Crippen LogP contribution in [0.4, 0.5) is 5.69 Å². The molecule has 2 N–H and O–H groups in total. The number of nitrogens with zero attached hydrogens (tertiary/aromatic N) is 1. The molecule has 1 aliphatic rings. The molecule has 0 bridgehead atoms. The van der Waals surface area contributed by atoms with Gasteiger partial charge in [0.2, 0.25) is 0 Å². The molecule has 27 heavy (non-hydrogen) atoms. The Kier molecular flexibility index (Phi) is 5.48. The Hall–Kier alpha value is -2.44. The smallest absolute Gasteiger partial charge is 0.314 e. The largest absolute Gasteiger partial charge is 0.482 e. The number of aliphatic hydroxyl groups excluding tert-OH is 1. The van der Waals surface area contributed by atoms with Crippen LogP contribution in [0, 0.1) is 10.1 Å². The lowest BCUT2D eigenvalue weighted by atomic mass is 9.83. The average Bonchev–Trinajstić information content (AvgIpc) is 2.61. The Balaban J connectivity index is 1.88. The van der Waals surface area contributed by atoms with E-state index >= 15 is 0 Å². The molecule has 0 saturated carbocycles. The number of rotatable bonds is 5. The maximum Gasteiger partial charge on any atom is 0.314 e. The molecule has 0 spiro atoms. The third-order valence-corrected chi connectivity index (χ3v) is 4.73. The highest BCUT2D eigenvalue weighted by atomic mass is 16.6. The molecule has 0 amide bonds. The highest BCUT2D eigenvalue weighted by molar-refractivity contribution is 5.58. The summed E-state index contributed by atoms with van der Waals surface area (Å²) in [6, 6.07) is 12.8.